The Morgan fingerprint density at radius 1 is 1.21 bits per heavy atom. The molecular weight excluding hydrogens is 368 g/mol. The second-order valence-electron chi connectivity index (χ2n) is 8.11. The van der Waals surface area contributed by atoms with Crippen molar-refractivity contribution in [2.24, 2.45) is 11.8 Å². The van der Waals surface area contributed by atoms with E-state index in [2.05, 4.69) is 15.6 Å². The Hall–Kier alpha value is -2.67. The molecule has 1 aromatic heterocycles. The molecular formula is C22H30N4O3. The molecule has 1 fully saturated rings. The van der Waals surface area contributed by atoms with Gasteiger partial charge in [0, 0.05) is 31.3 Å². The molecule has 2 aromatic rings. The van der Waals surface area contributed by atoms with Crippen LogP contribution in [0.25, 0.3) is 10.9 Å². The summed E-state index contributed by atoms with van der Waals surface area (Å²) in [6.45, 7) is 5.47. The molecule has 7 heteroatoms. The minimum atomic E-state index is -0.580. The molecule has 0 spiro atoms. The van der Waals surface area contributed by atoms with E-state index in [9.17, 15) is 14.7 Å². The Balaban J connectivity index is 1.67. The first-order valence-electron chi connectivity index (χ1n) is 10.3. The number of nitrogens with zero attached hydrogens (tertiary/aromatic N) is 2. The topological polar surface area (TPSA) is 94.6 Å². The van der Waals surface area contributed by atoms with Crippen LogP contribution in [0.15, 0.2) is 36.5 Å². The van der Waals surface area contributed by atoms with E-state index < -0.39 is 12.1 Å². The Morgan fingerprint density at radius 3 is 2.62 bits per heavy atom. The Morgan fingerprint density at radius 2 is 1.93 bits per heavy atom. The molecule has 156 valence electrons. The molecule has 3 amide bonds. The molecule has 0 aliphatic carbocycles. The van der Waals surface area contributed by atoms with Crippen LogP contribution in [0, 0.1) is 11.8 Å². The summed E-state index contributed by atoms with van der Waals surface area (Å²) < 4.78 is 0. The molecule has 7 nitrogen and oxygen atoms in total. The minimum absolute atomic E-state index is 0.0544. The van der Waals surface area contributed by atoms with Crippen LogP contribution in [0.5, 0.6) is 0 Å². The highest BCUT2D eigenvalue weighted by molar-refractivity contribution is 6.00. The number of piperidine rings is 1. The van der Waals surface area contributed by atoms with Crippen molar-refractivity contribution in [3.63, 3.8) is 0 Å². The number of hydrogen-bond donors (Lipinski definition) is 3. The van der Waals surface area contributed by atoms with E-state index in [4.69, 9.17) is 0 Å². The monoisotopic (exact) mass is 398 g/mol. The fourth-order valence-electron chi connectivity index (χ4n) is 3.77. The van der Waals surface area contributed by atoms with Crippen molar-refractivity contribution in [2.45, 2.75) is 39.2 Å². The van der Waals surface area contributed by atoms with Crippen molar-refractivity contribution >= 4 is 28.5 Å². The van der Waals surface area contributed by atoms with Gasteiger partial charge in [0.05, 0.1) is 11.2 Å². The average Bonchev–Trinajstić information content (AvgIpc) is 2.73. The Bertz CT molecular complexity index is 842. The van der Waals surface area contributed by atoms with Crippen molar-refractivity contribution in [1.29, 1.82) is 0 Å². The van der Waals surface area contributed by atoms with Crippen LogP contribution in [0.4, 0.5) is 10.5 Å². The first-order valence-corrected chi connectivity index (χ1v) is 10.3. The molecule has 0 saturated carbocycles. The van der Waals surface area contributed by atoms with Crippen molar-refractivity contribution in [3.8, 4) is 0 Å². The van der Waals surface area contributed by atoms with Crippen LogP contribution in [-0.2, 0) is 4.79 Å². The average molecular weight is 399 g/mol. The number of rotatable bonds is 6. The lowest BCUT2D eigenvalue weighted by atomic mass is 9.96. The fraction of sp³-hybridized carbons (Fsp3) is 0.500. The van der Waals surface area contributed by atoms with Crippen molar-refractivity contribution in [2.75, 3.05) is 25.0 Å². The zero-order chi connectivity index (χ0) is 20.8. The molecule has 1 atom stereocenters. The molecule has 0 unspecified atom stereocenters. The zero-order valence-corrected chi connectivity index (χ0v) is 17.1. The number of para-hydroxylation sites is 1. The molecule has 0 radical (unpaired) electrons. The molecule has 3 rings (SSSR count). The second kappa shape index (κ2) is 9.69. The van der Waals surface area contributed by atoms with E-state index in [0.29, 0.717) is 30.7 Å². The maximum atomic E-state index is 13.0. The highest BCUT2D eigenvalue weighted by Gasteiger charge is 2.29. The number of anilines is 1. The Labute approximate surface area is 171 Å². The lowest BCUT2D eigenvalue weighted by Crippen LogP contribution is -2.52. The lowest BCUT2D eigenvalue weighted by molar-refractivity contribution is -0.135. The van der Waals surface area contributed by atoms with E-state index in [0.717, 1.165) is 18.2 Å². The third-order valence-corrected chi connectivity index (χ3v) is 5.38. The van der Waals surface area contributed by atoms with Gasteiger partial charge in [0.1, 0.15) is 6.04 Å². The largest absolute Gasteiger partial charge is 0.396 e. The molecule has 1 saturated heterocycles. The summed E-state index contributed by atoms with van der Waals surface area (Å²) in [4.78, 5) is 31.9. The number of hydrogen-bond acceptors (Lipinski definition) is 4. The number of aliphatic hydroxyl groups is 1. The van der Waals surface area contributed by atoms with Crippen LogP contribution in [0.2, 0.25) is 0 Å². The molecule has 2 heterocycles. The third-order valence-electron chi connectivity index (χ3n) is 5.38. The van der Waals surface area contributed by atoms with Crippen LogP contribution >= 0.6 is 0 Å². The van der Waals surface area contributed by atoms with E-state index in [1.807, 2.05) is 38.1 Å². The number of urea groups is 1. The molecule has 1 aromatic carbocycles. The number of aliphatic hydroxyl groups excluding tert-OH is 1. The molecule has 1 aliphatic rings. The summed E-state index contributed by atoms with van der Waals surface area (Å²) >= 11 is 0. The Kier molecular flexibility index (Phi) is 7.04. The van der Waals surface area contributed by atoms with Gasteiger partial charge in [0.2, 0.25) is 5.91 Å². The quantitative estimate of drug-likeness (QED) is 0.697. The SMILES string of the molecule is CC(C)C[C@H](NC(=O)Nc1cccc2cccnc12)C(=O)N1CCC(CO)CC1. The van der Waals surface area contributed by atoms with Gasteiger partial charge in [-0.25, -0.2) is 4.79 Å². The molecule has 0 bridgehead atoms. The van der Waals surface area contributed by atoms with Gasteiger partial charge in [0.25, 0.3) is 0 Å². The standard InChI is InChI=1S/C22H30N4O3/c1-15(2)13-19(21(28)26-11-8-16(14-27)9-12-26)25-22(29)24-18-7-3-5-17-6-4-10-23-20(17)18/h3-7,10,15-16,19,27H,8-9,11-14H2,1-2H3,(H2,24,25,29)/t19-/m0/s1. The summed E-state index contributed by atoms with van der Waals surface area (Å²) in [7, 11) is 0. The van der Waals surface area contributed by atoms with Crippen LogP contribution in [-0.4, -0.2) is 52.7 Å². The highest BCUT2D eigenvalue weighted by Crippen LogP contribution is 2.21. The van der Waals surface area contributed by atoms with Gasteiger partial charge in [-0.3, -0.25) is 9.78 Å². The van der Waals surface area contributed by atoms with Gasteiger partial charge in [-0.1, -0.05) is 32.0 Å². The summed E-state index contributed by atoms with van der Waals surface area (Å²) in [5.74, 6) is 0.470. The zero-order valence-electron chi connectivity index (χ0n) is 17.1. The smallest absolute Gasteiger partial charge is 0.319 e. The van der Waals surface area contributed by atoms with Gasteiger partial charge in [0.15, 0.2) is 0 Å². The summed E-state index contributed by atoms with van der Waals surface area (Å²) in [5.41, 5.74) is 1.32. The number of nitrogens with one attached hydrogen (secondary N) is 2. The maximum Gasteiger partial charge on any atom is 0.319 e. The van der Waals surface area contributed by atoms with Gasteiger partial charge in [-0.15, -0.1) is 0 Å². The number of benzene rings is 1. The van der Waals surface area contributed by atoms with Crippen LogP contribution in [0.3, 0.4) is 0 Å². The van der Waals surface area contributed by atoms with Gasteiger partial charge in [-0.05, 0) is 43.2 Å². The van der Waals surface area contributed by atoms with Gasteiger partial charge < -0.3 is 20.6 Å². The number of likely N-dealkylation sites (tertiary alicyclic amines) is 1. The number of carbonyl (C=O) groups is 2. The summed E-state index contributed by atoms with van der Waals surface area (Å²) in [6, 6.07) is 8.40. The number of carbonyl (C=O) groups excluding carboxylic acids is 2. The predicted octanol–water partition coefficient (Wildman–Crippen LogP) is 3.00. The highest BCUT2D eigenvalue weighted by atomic mass is 16.3. The molecule has 1 aliphatic heterocycles. The van der Waals surface area contributed by atoms with Gasteiger partial charge in [-0.2, -0.15) is 0 Å². The van der Waals surface area contributed by atoms with Crippen molar-refractivity contribution in [3.05, 3.63) is 36.5 Å². The number of fused-ring (bicyclic) bond motifs is 1. The predicted molar refractivity (Wildman–Crippen MR) is 114 cm³/mol. The fourth-order valence-corrected chi connectivity index (χ4v) is 3.77. The first kappa shape index (κ1) is 21.0. The van der Waals surface area contributed by atoms with E-state index in [-0.39, 0.29) is 24.3 Å². The maximum absolute atomic E-state index is 13.0. The lowest BCUT2D eigenvalue weighted by Gasteiger charge is -2.34. The molecule has 3 N–H and O–H groups in total. The second-order valence-corrected chi connectivity index (χ2v) is 8.11. The summed E-state index contributed by atoms with van der Waals surface area (Å²) in [5, 5.41) is 16.0. The minimum Gasteiger partial charge on any atom is -0.396 e. The van der Waals surface area contributed by atoms with E-state index >= 15 is 0 Å². The van der Waals surface area contributed by atoms with E-state index in [1.54, 1.807) is 17.2 Å². The number of pyridine rings is 1. The normalized spacial score (nSPS) is 16.1. The first-order chi connectivity index (χ1) is 14.0. The van der Waals surface area contributed by atoms with Crippen molar-refractivity contribution in [1.82, 2.24) is 15.2 Å². The summed E-state index contributed by atoms with van der Waals surface area (Å²) in [6.07, 6.45) is 3.85. The van der Waals surface area contributed by atoms with E-state index in [1.165, 1.54) is 0 Å². The molecule has 29 heavy (non-hydrogen) atoms. The van der Waals surface area contributed by atoms with Crippen molar-refractivity contribution < 1.29 is 14.7 Å². The van der Waals surface area contributed by atoms with Crippen LogP contribution < -0.4 is 10.6 Å². The number of aromatic nitrogens is 1. The number of amides is 3. The van der Waals surface area contributed by atoms with Crippen LogP contribution in [0.1, 0.15) is 33.1 Å². The van der Waals surface area contributed by atoms with Gasteiger partial charge >= 0.3 is 6.03 Å². The third kappa shape index (κ3) is 5.44.